The van der Waals surface area contributed by atoms with E-state index in [0.29, 0.717) is 15.7 Å². The number of carbonyl (C=O) groups excluding carboxylic acids is 1. The number of piperidine rings is 2. The lowest BCUT2D eigenvalue weighted by Gasteiger charge is -2.34. The molecule has 3 N–H and O–H groups in total. The number of rotatable bonds is 12. The highest BCUT2D eigenvalue weighted by molar-refractivity contribution is 7.89. The van der Waals surface area contributed by atoms with E-state index in [9.17, 15) is 79.1 Å². The van der Waals surface area contributed by atoms with Crippen LogP contribution < -0.4 is 15.5 Å². The van der Waals surface area contributed by atoms with Crippen LogP contribution in [0.4, 0.5) is 64.1 Å². The molecular formula is C47H51F12N7O7S2. The van der Waals surface area contributed by atoms with E-state index in [2.05, 4.69) is 9.97 Å². The lowest BCUT2D eigenvalue weighted by Crippen LogP contribution is -2.40. The molecule has 6 heterocycles. The number of sulfonamides is 2. The molecule has 14 nitrogen and oxygen atoms in total. The standard InChI is InChI=1S/C24H25F6N3O3S.C12H15F4N3.C11H11F2NO4S/c25-16-1-4-19(5-2-16)37(35,36)33-14-17(26)11-22(33)23(34)6-3-18-12-21(20(27)13-31-18)32-9-7-15(8-10-32)24(28,29)30;13-10-7-18-9(6-17)5-11(10)19-3-1-8(2-4-19)12(14,15)16;12-7-1-3-9(4-2-7)19(17,18)14-6-8(13)5-10(14)11(15)16/h1-2,4-5,12-13,15,17,22H,3,6-11,14H2;5,7-8H,1-4,6,17H2;1-4,8,10H,5-6H2,(H,15,16)/t17-,22+;;8-,10+/m1.1/s1. The van der Waals surface area contributed by atoms with Gasteiger partial charge in [-0.2, -0.15) is 35.0 Å². The molecule has 4 atom stereocenters. The molecule has 75 heavy (non-hydrogen) atoms. The van der Waals surface area contributed by atoms with Crippen LogP contribution in [-0.4, -0.2) is 128 Å². The maximum absolute atomic E-state index is 14.4. The molecule has 0 bridgehead atoms. The minimum Gasteiger partial charge on any atom is -0.480 e. The summed E-state index contributed by atoms with van der Waals surface area (Å²) in [5, 5.41) is 8.92. The van der Waals surface area contributed by atoms with Gasteiger partial charge in [0.1, 0.15) is 30.0 Å². The fourth-order valence-corrected chi connectivity index (χ4v) is 12.3. The SMILES string of the molecule is NCc1cc(N2CCC(C(F)(F)F)CC2)c(F)cn1.O=C(CCc1cc(N2CCC(C(F)(F)F)CC2)c(F)cn1)[C@@H]1C[C@@H](F)CN1S(=O)(=O)c1ccc(F)cc1.O=C(O)[C@@H]1C[C@@H](F)CN1S(=O)(=O)c1ccc(F)cc1. The number of aromatic nitrogens is 2. The Balaban J connectivity index is 0.000000202. The van der Waals surface area contributed by atoms with Crippen LogP contribution in [0.5, 0.6) is 0 Å². The zero-order valence-corrected chi connectivity index (χ0v) is 41.1. The monoisotopic (exact) mass is 1120 g/mol. The molecule has 0 saturated carbocycles. The Labute approximate surface area is 423 Å². The maximum Gasteiger partial charge on any atom is 0.391 e. The van der Waals surface area contributed by atoms with E-state index >= 15 is 0 Å². The van der Waals surface area contributed by atoms with Gasteiger partial charge in [-0.15, -0.1) is 0 Å². The Kier molecular flexibility index (Phi) is 18.9. The third-order valence-corrected chi connectivity index (χ3v) is 16.9. The first-order chi connectivity index (χ1) is 35.1. The second kappa shape index (κ2) is 24.2. The summed E-state index contributed by atoms with van der Waals surface area (Å²) < 4.78 is 210. The highest BCUT2D eigenvalue weighted by Crippen LogP contribution is 2.38. The van der Waals surface area contributed by atoms with Crippen LogP contribution in [0.25, 0.3) is 0 Å². The van der Waals surface area contributed by atoms with Crippen LogP contribution in [0, 0.1) is 35.1 Å². The third kappa shape index (κ3) is 14.7. The molecule has 2 aromatic heterocycles. The number of anilines is 2. The lowest BCUT2D eigenvalue weighted by atomic mass is 9.96. The molecule has 4 saturated heterocycles. The molecule has 2 aromatic carbocycles. The largest absolute Gasteiger partial charge is 0.480 e. The molecule has 0 aliphatic carbocycles. The molecular weight excluding hydrogens is 1070 g/mol. The quantitative estimate of drug-likeness (QED) is 0.131. The first kappa shape index (κ1) is 58.7. The van der Waals surface area contributed by atoms with E-state index in [-0.39, 0.29) is 105 Å². The predicted molar refractivity (Wildman–Crippen MR) is 246 cm³/mol. The van der Waals surface area contributed by atoms with Gasteiger partial charge in [-0.25, -0.2) is 43.2 Å². The lowest BCUT2D eigenvalue weighted by molar-refractivity contribution is -0.179. The number of aliphatic carboxylic acids is 1. The van der Waals surface area contributed by atoms with Crippen LogP contribution in [0.3, 0.4) is 0 Å². The Hall–Kier alpha value is -5.58. The van der Waals surface area contributed by atoms with Crippen LogP contribution >= 0.6 is 0 Å². The number of alkyl halides is 8. The summed E-state index contributed by atoms with van der Waals surface area (Å²) in [4.78, 5) is 34.3. The van der Waals surface area contributed by atoms with Crippen molar-refractivity contribution in [2.45, 2.75) is 104 Å². The number of aryl methyl sites for hydroxylation is 1. The topological polar surface area (TPSA) is 187 Å². The summed E-state index contributed by atoms with van der Waals surface area (Å²) in [6, 6.07) is 8.13. The van der Waals surface area contributed by atoms with Crippen LogP contribution in [-0.2, 0) is 42.6 Å². The van der Waals surface area contributed by atoms with Crippen LogP contribution in [0.2, 0.25) is 0 Å². The molecule has 4 aliphatic rings. The summed E-state index contributed by atoms with van der Waals surface area (Å²) in [7, 11) is -8.39. The Bertz CT molecular complexity index is 2840. The smallest absolute Gasteiger partial charge is 0.391 e. The van der Waals surface area contributed by atoms with E-state index in [4.69, 9.17) is 10.8 Å². The van der Waals surface area contributed by atoms with E-state index in [1.807, 2.05) is 0 Å². The molecule has 4 aromatic rings. The number of hydrogen-bond acceptors (Lipinski definition) is 11. The third-order valence-electron chi connectivity index (χ3n) is 13.1. The zero-order valence-electron chi connectivity index (χ0n) is 39.5. The van der Waals surface area contributed by atoms with E-state index in [1.165, 1.54) is 17.0 Å². The summed E-state index contributed by atoms with van der Waals surface area (Å²) in [5.41, 5.74) is 6.62. The zero-order chi connectivity index (χ0) is 55.2. The van der Waals surface area contributed by atoms with Gasteiger partial charge < -0.3 is 20.6 Å². The number of ketones is 1. The number of pyridine rings is 2. The number of nitrogens with zero attached hydrogens (tertiary/aromatic N) is 6. The minimum atomic E-state index is -4.30. The Morgan fingerprint density at radius 3 is 1.37 bits per heavy atom. The summed E-state index contributed by atoms with van der Waals surface area (Å²) in [6.45, 7) is -0.435. The summed E-state index contributed by atoms with van der Waals surface area (Å²) in [6.07, 6.45) is -10.8. The van der Waals surface area contributed by atoms with Gasteiger partial charge in [0.25, 0.3) is 0 Å². The van der Waals surface area contributed by atoms with E-state index in [0.717, 1.165) is 65.2 Å². The van der Waals surface area contributed by atoms with Crippen molar-refractivity contribution in [3.05, 3.63) is 108 Å². The number of nitrogens with two attached hydrogens (primary N) is 1. The molecule has 4 fully saturated rings. The van der Waals surface area contributed by atoms with Crippen LogP contribution in [0.1, 0.15) is 56.3 Å². The van der Waals surface area contributed by atoms with Crippen molar-refractivity contribution in [2.24, 2.45) is 17.6 Å². The van der Waals surface area contributed by atoms with Crippen LogP contribution in [0.15, 0.2) is 82.8 Å². The first-order valence-electron chi connectivity index (χ1n) is 23.3. The number of carboxylic acids is 1. The number of halogens is 12. The predicted octanol–water partition coefficient (Wildman–Crippen LogP) is 7.91. The first-order valence-corrected chi connectivity index (χ1v) is 26.2. The van der Waals surface area contributed by atoms with Crippen molar-refractivity contribution in [3.8, 4) is 0 Å². The molecule has 28 heteroatoms. The van der Waals surface area contributed by atoms with Crippen molar-refractivity contribution in [1.29, 1.82) is 0 Å². The molecule has 0 unspecified atom stereocenters. The number of Topliss-reactive ketones (excluding diaryl/α,β-unsaturated/α-hetero) is 1. The van der Waals surface area contributed by atoms with Gasteiger partial charge in [0.05, 0.1) is 57.1 Å². The average molecular weight is 1120 g/mol. The molecule has 0 amide bonds. The highest BCUT2D eigenvalue weighted by atomic mass is 32.2. The van der Waals surface area contributed by atoms with Gasteiger partial charge in [-0.1, -0.05) is 0 Å². The normalized spacial score (nSPS) is 21.6. The summed E-state index contributed by atoms with van der Waals surface area (Å²) >= 11 is 0. The average Bonchev–Trinajstić information content (AvgIpc) is 3.98. The van der Waals surface area contributed by atoms with Gasteiger partial charge in [0.2, 0.25) is 20.0 Å². The van der Waals surface area contributed by atoms with Gasteiger partial charge in [0.15, 0.2) is 17.4 Å². The van der Waals surface area contributed by atoms with Crippen molar-refractivity contribution >= 4 is 43.2 Å². The van der Waals surface area contributed by atoms with Crippen molar-refractivity contribution in [3.63, 3.8) is 0 Å². The second-order valence-corrected chi connectivity index (χ2v) is 21.9. The van der Waals surface area contributed by atoms with Gasteiger partial charge in [0, 0.05) is 70.8 Å². The fourth-order valence-electron chi connectivity index (χ4n) is 9.03. The fraction of sp³-hybridized carbons (Fsp3) is 0.489. The molecule has 412 valence electrons. The molecule has 0 radical (unpaired) electrons. The van der Waals surface area contributed by atoms with Crippen molar-refractivity contribution < 1.29 is 84.2 Å². The maximum atomic E-state index is 14.4. The minimum absolute atomic E-state index is 0.00299. The molecule has 4 aliphatic heterocycles. The van der Waals surface area contributed by atoms with E-state index < -0.39 is 117 Å². The number of carboxylic acid groups (broad SMARTS) is 1. The Morgan fingerprint density at radius 1 is 0.613 bits per heavy atom. The molecule has 8 rings (SSSR count). The molecule has 0 spiro atoms. The van der Waals surface area contributed by atoms with Crippen molar-refractivity contribution in [2.75, 3.05) is 49.1 Å². The van der Waals surface area contributed by atoms with Gasteiger partial charge in [-0.3, -0.25) is 19.6 Å². The van der Waals surface area contributed by atoms with Gasteiger partial charge >= 0.3 is 18.3 Å². The number of carbonyl (C=O) groups is 2. The van der Waals surface area contributed by atoms with Crippen molar-refractivity contribution in [1.82, 2.24) is 18.6 Å². The summed E-state index contributed by atoms with van der Waals surface area (Å²) in [5.74, 6) is -7.16. The number of benzene rings is 2. The Morgan fingerprint density at radius 2 is 0.987 bits per heavy atom. The van der Waals surface area contributed by atoms with Gasteiger partial charge in [-0.05, 0) is 92.8 Å². The highest BCUT2D eigenvalue weighted by Gasteiger charge is 2.46. The van der Waals surface area contributed by atoms with E-state index in [1.54, 1.807) is 4.90 Å². The second-order valence-electron chi connectivity index (χ2n) is 18.1. The number of hydrogen-bond donors (Lipinski definition) is 2.